The predicted molar refractivity (Wildman–Crippen MR) is 106 cm³/mol. The lowest BCUT2D eigenvalue weighted by molar-refractivity contribution is -0.137. The van der Waals surface area contributed by atoms with E-state index in [1.54, 1.807) is 0 Å². The topological polar surface area (TPSA) is 87.3 Å². The van der Waals surface area contributed by atoms with Crippen molar-refractivity contribution in [1.82, 2.24) is 20.2 Å². The molecule has 28 heavy (non-hydrogen) atoms. The summed E-state index contributed by atoms with van der Waals surface area (Å²) < 4.78 is 4.71. The molecule has 7 heteroatoms. The van der Waals surface area contributed by atoms with Crippen LogP contribution in [0.1, 0.15) is 45.5 Å². The van der Waals surface area contributed by atoms with Crippen LogP contribution in [0, 0.1) is 5.41 Å². The molecule has 3 rings (SSSR count). The van der Waals surface area contributed by atoms with Crippen LogP contribution in [0.2, 0.25) is 0 Å². The molecule has 150 valence electrons. The smallest absolute Gasteiger partial charge is 0.407 e. The van der Waals surface area contributed by atoms with Crippen molar-refractivity contribution >= 4 is 12.0 Å². The summed E-state index contributed by atoms with van der Waals surface area (Å²) in [4.78, 5) is 34.9. The van der Waals surface area contributed by atoms with E-state index in [4.69, 9.17) is 9.72 Å². The van der Waals surface area contributed by atoms with Gasteiger partial charge in [-0.05, 0) is 18.3 Å². The molecule has 1 fully saturated rings. The van der Waals surface area contributed by atoms with Crippen LogP contribution in [0.4, 0.5) is 4.79 Å². The number of imidazole rings is 1. The van der Waals surface area contributed by atoms with Crippen molar-refractivity contribution in [2.75, 3.05) is 13.7 Å². The molecule has 2 aromatic rings. The number of hydrogen-bond donors (Lipinski definition) is 2. The van der Waals surface area contributed by atoms with Crippen molar-refractivity contribution in [2.45, 2.75) is 45.7 Å². The first-order valence-corrected chi connectivity index (χ1v) is 9.57. The maximum absolute atomic E-state index is 13.3. The second-order valence-corrected chi connectivity index (χ2v) is 8.16. The third kappa shape index (κ3) is 4.18. The first-order chi connectivity index (χ1) is 13.3. The summed E-state index contributed by atoms with van der Waals surface area (Å²) in [6.07, 6.45) is 3.00. The Hall–Kier alpha value is -2.83. The zero-order valence-electron chi connectivity index (χ0n) is 16.9. The van der Waals surface area contributed by atoms with Gasteiger partial charge >= 0.3 is 6.09 Å². The maximum Gasteiger partial charge on any atom is 0.407 e. The summed E-state index contributed by atoms with van der Waals surface area (Å²) in [5.41, 5.74) is 1.44. The van der Waals surface area contributed by atoms with Crippen LogP contribution in [0.5, 0.6) is 0 Å². The fourth-order valence-electron chi connectivity index (χ4n) is 3.57. The third-order valence-corrected chi connectivity index (χ3v) is 5.08. The van der Waals surface area contributed by atoms with Gasteiger partial charge in [-0.25, -0.2) is 9.78 Å². The number of H-pyrrole nitrogens is 1. The zero-order chi connectivity index (χ0) is 20.3. The minimum atomic E-state index is -0.677. The number of rotatable bonds is 4. The molecule has 1 aliphatic heterocycles. The summed E-state index contributed by atoms with van der Waals surface area (Å²) in [5.74, 6) is 0.661. The van der Waals surface area contributed by atoms with Crippen LogP contribution in [-0.4, -0.2) is 46.6 Å². The SMILES string of the molecule is COC(=O)N[C@H](C(=O)N1CCC[C@H]1c1nc(-c2ccccc2)c[nH]1)C(C)(C)C. The number of carbonyl (C=O) groups excluding carboxylic acids is 2. The van der Waals surface area contributed by atoms with E-state index in [1.165, 1.54) is 7.11 Å². The molecular weight excluding hydrogens is 356 g/mol. The number of aromatic amines is 1. The normalized spacial score (nSPS) is 18.0. The third-order valence-electron chi connectivity index (χ3n) is 5.08. The van der Waals surface area contributed by atoms with E-state index in [0.29, 0.717) is 6.54 Å². The first-order valence-electron chi connectivity index (χ1n) is 9.57. The molecule has 0 radical (unpaired) electrons. The second kappa shape index (κ2) is 8.04. The maximum atomic E-state index is 13.3. The summed E-state index contributed by atoms with van der Waals surface area (Å²) >= 11 is 0. The fourth-order valence-corrected chi connectivity index (χ4v) is 3.57. The molecule has 0 aliphatic carbocycles. The summed E-state index contributed by atoms with van der Waals surface area (Å²) in [5, 5.41) is 2.70. The van der Waals surface area contributed by atoms with Gasteiger partial charge in [-0.1, -0.05) is 51.1 Å². The zero-order valence-corrected chi connectivity index (χ0v) is 16.9. The van der Waals surface area contributed by atoms with Gasteiger partial charge in [-0.2, -0.15) is 0 Å². The molecule has 2 N–H and O–H groups in total. The van der Waals surface area contributed by atoms with Gasteiger partial charge in [0.2, 0.25) is 5.91 Å². The van der Waals surface area contributed by atoms with E-state index in [1.807, 2.05) is 62.2 Å². The Balaban J connectivity index is 1.83. The minimum absolute atomic E-state index is 0.113. The van der Waals surface area contributed by atoms with Gasteiger partial charge in [0, 0.05) is 18.3 Å². The largest absolute Gasteiger partial charge is 0.453 e. The van der Waals surface area contributed by atoms with Gasteiger partial charge in [0.15, 0.2) is 0 Å². The lowest BCUT2D eigenvalue weighted by Gasteiger charge is -2.34. The Morgan fingerprint density at radius 3 is 2.64 bits per heavy atom. The molecule has 1 aliphatic rings. The average molecular weight is 384 g/mol. The number of methoxy groups -OCH3 is 1. The van der Waals surface area contributed by atoms with Gasteiger partial charge in [-0.3, -0.25) is 4.79 Å². The summed E-state index contributed by atoms with van der Waals surface area (Å²) in [6.45, 7) is 6.42. The molecule has 0 saturated carbocycles. The van der Waals surface area contributed by atoms with Crippen LogP contribution in [0.25, 0.3) is 11.3 Å². The minimum Gasteiger partial charge on any atom is -0.453 e. The molecule has 2 heterocycles. The molecular formula is C21H28N4O3. The predicted octanol–water partition coefficient (Wildman–Crippen LogP) is 3.51. The van der Waals surface area contributed by atoms with E-state index >= 15 is 0 Å². The molecule has 7 nitrogen and oxygen atoms in total. The second-order valence-electron chi connectivity index (χ2n) is 8.16. The van der Waals surface area contributed by atoms with E-state index in [0.717, 1.165) is 29.9 Å². The Bertz CT molecular complexity index is 826. The van der Waals surface area contributed by atoms with Crippen LogP contribution >= 0.6 is 0 Å². The highest BCUT2D eigenvalue weighted by molar-refractivity contribution is 5.87. The molecule has 0 unspecified atom stereocenters. The fraction of sp³-hybridized carbons (Fsp3) is 0.476. The lowest BCUT2D eigenvalue weighted by Crippen LogP contribution is -2.54. The van der Waals surface area contributed by atoms with Crippen molar-refractivity contribution in [3.8, 4) is 11.3 Å². The number of likely N-dealkylation sites (tertiary alicyclic amines) is 1. The number of ether oxygens (including phenoxy) is 1. The van der Waals surface area contributed by atoms with E-state index in [-0.39, 0.29) is 11.9 Å². The summed E-state index contributed by atoms with van der Waals surface area (Å²) in [7, 11) is 1.30. The molecule has 1 saturated heterocycles. The van der Waals surface area contributed by atoms with Crippen LogP contribution in [0.3, 0.4) is 0 Å². The van der Waals surface area contributed by atoms with E-state index < -0.39 is 17.6 Å². The molecule has 2 amide bonds. The Morgan fingerprint density at radius 1 is 1.29 bits per heavy atom. The van der Waals surface area contributed by atoms with Crippen LogP contribution in [0.15, 0.2) is 36.5 Å². The van der Waals surface area contributed by atoms with E-state index in [2.05, 4.69) is 10.3 Å². The monoisotopic (exact) mass is 384 g/mol. The van der Waals surface area contributed by atoms with Gasteiger partial charge < -0.3 is 19.9 Å². The van der Waals surface area contributed by atoms with Crippen molar-refractivity contribution in [3.63, 3.8) is 0 Å². The molecule has 1 aromatic heterocycles. The number of amides is 2. The number of hydrogen-bond acceptors (Lipinski definition) is 4. The van der Waals surface area contributed by atoms with Crippen LogP contribution < -0.4 is 5.32 Å². The first kappa shape index (κ1) is 19.9. The molecule has 0 spiro atoms. The van der Waals surface area contributed by atoms with Gasteiger partial charge in [-0.15, -0.1) is 0 Å². The molecule has 2 atom stereocenters. The number of benzene rings is 1. The number of nitrogens with zero attached hydrogens (tertiary/aromatic N) is 2. The van der Waals surface area contributed by atoms with Gasteiger partial charge in [0.05, 0.1) is 18.8 Å². The highest BCUT2D eigenvalue weighted by Crippen LogP contribution is 2.34. The van der Waals surface area contributed by atoms with Crippen molar-refractivity contribution < 1.29 is 14.3 Å². The van der Waals surface area contributed by atoms with Gasteiger partial charge in [0.25, 0.3) is 0 Å². The summed E-state index contributed by atoms with van der Waals surface area (Å²) in [6, 6.07) is 9.12. The van der Waals surface area contributed by atoms with E-state index in [9.17, 15) is 9.59 Å². The Kier molecular flexibility index (Phi) is 5.72. The Labute approximate surface area is 165 Å². The standard InChI is InChI=1S/C21H28N4O3/c1-21(2,3)17(24-20(27)28-4)19(26)25-12-8-11-16(25)18-22-13-15(23-18)14-9-6-5-7-10-14/h5-7,9-10,13,16-17H,8,11-12H2,1-4H3,(H,22,23)(H,24,27)/t16-,17+/m0/s1. The number of alkyl carbamates (subject to hydrolysis) is 1. The highest BCUT2D eigenvalue weighted by Gasteiger charge is 2.41. The number of nitrogens with one attached hydrogen (secondary N) is 2. The van der Waals surface area contributed by atoms with Crippen LogP contribution in [-0.2, 0) is 9.53 Å². The van der Waals surface area contributed by atoms with Crippen molar-refractivity contribution in [2.24, 2.45) is 5.41 Å². The highest BCUT2D eigenvalue weighted by atomic mass is 16.5. The lowest BCUT2D eigenvalue weighted by atomic mass is 9.85. The molecule has 1 aromatic carbocycles. The number of carbonyl (C=O) groups is 2. The van der Waals surface area contributed by atoms with Crippen molar-refractivity contribution in [3.05, 3.63) is 42.4 Å². The van der Waals surface area contributed by atoms with Gasteiger partial charge in [0.1, 0.15) is 11.9 Å². The Morgan fingerprint density at radius 2 is 2.00 bits per heavy atom. The average Bonchev–Trinajstić information content (AvgIpc) is 3.34. The quantitative estimate of drug-likeness (QED) is 0.844. The van der Waals surface area contributed by atoms with Crippen molar-refractivity contribution in [1.29, 1.82) is 0 Å². The number of aromatic nitrogens is 2. The molecule has 0 bridgehead atoms.